The van der Waals surface area contributed by atoms with Gasteiger partial charge in [-0.1, -0.05) is 18.9 Å². The Bertz CT molecular complexity index is 828. The molecule has 1 aliphatic heterocycles. The summed E-state index contributed by atoms with van der Waals surface area (Å²) in [4.78, 5) is 37.8. The van der Waals surface area contributed by atoms with Crippen LogP contribution < -0.4 is 10.2 Å². The summed E-state index contributed by atoms with van der Waals surface area (Å²) >= 11 is 0. The first-order valence-corrected chi connectivity index (χ1v) is 9.92. The zero-order chi connectivity index (χ0) is 19.3. The molecule has 0 radical (unpaired) electrons. The average molecular weight is 379 g/mol. The van der Waals surface area contributed by atoms with Crippen molar-refractivity contribution in [1.82, 2.24) is 20.2 Å². The number of amides is 2. The number of rotatable bonds is 4. The van der Waals surface area contributed by atoms with Crippen molar-refractivity contribution in [2.24, 2.45) is 0 Å². The number of hydrogen-bond donors (Lipinski definition) is 1. The number of nitrogens with zero attached hydrogens (tertiary/aromatic N) is 4. The van der Waals surface area contributed by atoms with Crippen LogP contribution in [0.4, 0.5) is 5.82 Å². The topological polar surface area (TPSA) is 78.4 Å². The van der Waals surface area contributed by atoms with Crippen LogP contribution in [0.2, 0.25) is 0 Å². The predicted octanol–water partition coefficient (Wildman–Crippen LogP) is 2.11. The molecule has 2 aromatic heterocycles. The molecule has 3 heterocycles. The monoisotopic (exact) mass is 379 g/mol. The first-order chi connectivity index (χ1) is 13.7. The predicted molar refractivity (Wildman–Crippen MR) is 106 cm³/mol. The Kier molecular flexibility index (Phi) is 5.50. The third-order valence-electron chi connectivity index (χ3n) is 5.48. The minimum atomic E-state index is -0.144. The lowest BCUT2D eigenvalue weighted by atomic mass is 10.1. The number of aromatic nitrogens is 2. The quantitative estimate of drug-likeness (QED) is 0.880. The molecule has 0 aromatic carbocycles. The van der Waals surface area contributed by atoms with Gasteiger partial charge >= 0.3 is 0 Å². The molecule has 2 aromatic rings. The van der Waals surface area contributed by atoms with Crippen LogP contribution in [-0.2, 0) is 0 Å². The zero-order valence-electron chi connectivity index (χ0n) is 15.9. The first kappa shape index (κ1) is 18.4. The normalized spacial score (nSPS) is 17.6. The largest absolute Gasteiger partial charge is 0.353 e. The summed E-state index contributed by atoms with van der Waals surface area (Å²) in [5.41, 5.74) is 0.912. The Morgan fingerprint density at radius 3 is 2.46 bits per heavy atom. The lowest BCUT2D eigenvalue weighted by Crippen LogP contribution is -2.49. The van der Waals surface area contributed by atoms with E-state index >= 15 is 0 Å². The minimum absolute atomic E-state index is 0.0799. The Morgan fingerprint density at radius 1 is 1.00 bits per heavy atom. The average Bonchev–Trinajstić information content (AvgIpc) is 3.27. The molecule has 146 valence electrons. The second-order valence-electron chi connectivity index (χ2n) is 7.38. The summed E-state index contributed by atoms with van der Waals surface area (Å²) in [5, 5.41) is 3.05. The molecule has 0 atom stereocenters. The van der Waals surface area contributed by atoms with Gasteiger partial charge in [0.2, 0.25) is 0 Å². The number of nitrogens with one attached hydrogen (secondary N) is 1. The van der Waals surface area contributed by atoms with Crippen molar-refractivity contribution in [3.05, 3.63) is 54.0 Å². The Balaban J connectivity index is 1.38. The summed E-state index contributed by atoms with van der Waals surface area (Å²) in [6.45, 7) is 2.71. The Morgan fingerprint density at radius 2 is 1.75 bits per heavy atom. The highest BCUT2D eigenvalue weighted by molar-refractivity contribution is 5.99. The maximum Gasteiger partial charge on any atom is 0.255 e. The number of anilines is 1. The third kappa shape index (κ3) is 4.13. The van der Waals surface area contributed by atoms with Crippen LogP contribution in [0.1, 0.15) is 46.4 Å². The summed E-state index contributed by atoms with van der Waals surface area (Å²) in [5.74, 6) is 0.708. The molecule has 1 saturated heterocycles. The molecule has 1 aliphatic carbocycles. The standard InChI is InChI=1S/C21H25N5O2/c27-20(24-18-5-1-2-6-18)16-13-17(15-22-14-16)21(28)26-11-9-25(10-12-26)19-7-3-4-8-23-19/h3-4,7-8,13-15,18H,1-2,5-6,9-12H2,(H,24,27). The van der Waals surface area contributed by atoms with E-state index < -0.39 is 0 Å². The highest BCUT2D eigenvalue weighted by atomic mass is 16.2. The lowest BCUT2D eigenvalue weighted by molar-refractivity contribution is 0.0746. The number of pyridine rings is 2. The summed E-state index contributed by atoms with van der Waals surface area (Å²) < 4.78 is 0. The molecule has 0 bridgehead atoms. The fraction of sp³-hybridized carbons (Fsp3) is 0.429. The van der Waals surface area contributed by atoms with Gasteiger partial charge in [0, 0.05) is 50.8 Å². The van der Waals surface area contributed by atoms with Crippen molar-refractivity contribution in [1.29, 1.82) is 0 Å². The second kappa shape index (κ2) is 8.37. The molecule has 4 rings (SSSR count). The number of carbonyl (C=O) groups is 2. The van der Waals surface area contributed by atoms with Crippen molar-refractivity contribution >= 4 is 17.6 Å². The molecule has 1 saturated carbocycles. The van der Waals surface area contributed by atoms with Gasteiger partial charge in [-0.25, -0.2) is 4.98 Å². The summed E-state index contributed by atoms with van der Waals surface area (Å²) in [6, 6.07) is 7.74. The van der Waals surface area contributed by atoms with E-state index in [2.05, 4.69) is 20.2 Å². The highest BCUT2D eigenvalue weighted by Gasteiger charge is 2.24. The van der Waals surface area contributed by atoms with E-state index in [4.69, 9.17) is 0 Å². The lowest BCUT2D eigenvalue weighted by Gasteiger charge is -2.35. The Hall–Kier alpha value is -2.96. The molecule has 2 amide bonds. The SMILES string of the molecule is O=C(NC1CCCC1)c1cncc(C(=O)N2CCN(c3ccccn3)CC2)c1. The maximum absolute atomic E-state index is 12.9. The molecule has 7 heteroatoms. The second-order valence-corrected chi connectivity index (χ2v) is 7.38. The number of carbonyl (C=O) groups excluding carboxylic acids is 2. The van der Waals surface area contributed by atoms with Gasteiger partial charge in [-0.05, 0) is 31.0 Å². The van der Waals surface area contributed by atoms with E-state index in [1.807, 2.05) is 23.1 Å². The molecule has 0 spiro atoms. The molecule has 0 unspecified atom stereocenters. The molecule has 2 fully saturated rings. The van der Waals surface area contributed by atoms with Gasteiger partial charge in [-0.15, -0.1) is 0 Å². The van der Waals surface area contributed by atoms with Crippen molar-refractivity contribution in [3.63, 3.8) is 0 Å². The van der Waals surface area contributed by atoms with E-state index in [0.29, 0.717) is 24.2 Å². The van der Waals surface area contributed by atoms with Gasteiger partial charge in [-0.2, -0.15) is 0 Å². The zero-order valence-corrected chi connectivity index (χ0v) is 15.9. The molecular formula is C21H25N5O2. The smallest absolute Gasteiger partial charge is 0.255 e. The van der Waals surface area contributed by atoms with Gasteiger partial charge in [0.25, 0.3) is 11.8 Å². The number of piperazine rings is 1. The summed E-state index contributed by atoms with van der Waals surface area (Å²) in [7, 11) is 0. The van der Waals surface area contributed by atoms with E-state index in [0.717, 1.165) is 44.6 Å². The molecule has 7 nitrogen and oxygen atoms in total. The van der Waals surface area contributed by atoms with E-state index in [-0.39, 0.29) is 17.9 Å². The van der Waals surface area contributed by atoms with Crippen LogP contribution in [0, 0.1) is 0 Å². The van der Waals surface area contributed by atoms with Crippen molar-refractivity contribution in [3.8, 4) is 0 Å². The third-order valence-corrected chi connectivity index (χ3v) is 5.48. The van der Waals surface area contributed by atoms with Crippen molar-refractivity contribution in [2.75, 3.05) is 31.1 Å². The van der Waals surface area contributed by atoms with Crippen LogP contribution in [0.25, 0.3) is 0 Å². The van der Waals surface area contributed by atoms with Crippen LogP contribution >= 0.6 is 0 Å². The van der Waals surface area contributed by atoms with Gasteiger partial charge < -0.3 is 15.1 Å². The van der Waals surface area contributed by atoms with Crippen molar-refractivity contribution in [2.45, 2.75) is 31.7 Å². The highest BCUT2D eigenvalue weighted by Crippen LogP contribution is 2.19. The van der Waals surface area contributed by atoms with Crippen molar-refractivity contribution < 1.29 is 9.59 Å². The molecule has 1 N–H and O–H groups in total. The fourth-order valence-electron chi connectivity index (χ4n) is 3.88. The summed E-state index contributed by atoms with van der Waals surface area (Å²) in [6.07, 6.45) is 9.22. The van der Waals surface area contributed by atoms with E-state index in [1.165, 1.54) is 6.20 Å². The van der Waals surface area contributed by atoms with Gasteiger partial charge in [0.15, 0.2) is 0 Å². The minimum Gasteiger partial charge on any atom is -0.353 e. The molecule has 2 aliphatic rings. The molecule has 28 heavy (non-hydrogen) atoms. The Labute approximate surface area is 164 Å². The first-order valence-electron chi connectivity index (χ1n) is 9.92. The van der Waals surface area contributed by atoms with Gasteiger partial charge in [0.05, 0.1) is 11.1 Å². The van der Waals surface area contributed by atoms with Crippen LogP contribution in [-0.4, -0.2) is 58.9 Å². The van der Waals surface area contributed by atoms with Crippen LogP contribution in [0.3, 0.4) is 0 Å². The maximum atomic E-state index is 12.9. The van der Waals surface area contributed by atoms with E-state index in [1.54, 1.807) is 18.5 Å². The molecular weight excluding hydrogens is 354 g/mol. The van der Waals surface area contributed by atoms with Gasteiger partial charge in [0.1, 0.15) is 5.82 Å². The van der Waals surface area contributed by atoms with E-state index in [9.17, 15) is 9.59 Å². The van der Waals surface area contributed by atoms with Crippen LogP contribution in [0.15, 0.2) is 42.9 Å². The number of hydrogen-bond acceptors (Lipinski definition) is 5. The fourth-order valence-corrected chi connectivity index (χ4v) is 3.88. The van der Waals surface area contributed by atoms with Crippen LogP contribution in [0.5, 0.6) is 0 Å². The van der Waals surface area contributed by atoms with Gasteiger partial charge in [-0.3, -0.25) is 14.6 Å².